The molecule has 6 unspecified atom stereocenters. The molecule has 0 saturated heterocycles. The number of benzene rings is 1. The van der Waals surface area contributed by atoms with Crippen LogP contribution in [0.25, 0.3) is 0 Å². The molecule has 0 aliphatic carbocycles. The SMILES string of the molecule is C[PH+](CC(F)C(F)C(F)C(F)C(F)CCCF)c1c(F)c(F)c(F)c(F)c1F. The predicted octanol–water partition coefficient (Wildman–Crippen LogP) is 5.29. The predicted molar refractivity (Wildman–Crippen MR) is 84.7 cm³/mol. The smallest absolute Gasteiger partial charge is 0.206 e. The Kier molecular flexibility index (Phi) is 9.43. The third-order valence-electron chi connectivity index (χ3n) is 4.05. The lowest BCUT2D eigenvalue weighted by atomic mass is 10.0. The molecule has 0 fully saturated rings. The van der Waals surface area contributed by atoms with E-state index in [1.165, 1.54) is 0 Å². The van der Waals surface area contributed by atoms with Crippen LogP contribution in [0.4, 0.5) is 48.3 Å². The Labute approximate surface area is 154 Å². The van der Waals surface area contributed by atoms with E-state index in [-0.39, 0.29) is 0 Å². The summed E-state index contributed by atoms with van der Waals surface area (Å²) >= 11 is 0. The van der Waals surface area contributed by atoms with Crippen molar-refractivity contribution in [3.8, 4) is 0 Å². The van der Waals surface area contributed by atoms with Gasteiger partial charge in [0.2, 0.25) is 29.1 Å². The summed E-state index contributed by atoms with van der Waals surface area (Å²) in [5, 5.41) is -1.34. The van der Waals surface area contributed by atoms with Crippen molar-refractivity contribution in [2.75, 3.05) is 19.5 Å². The van der Waals surface area contributed by atoms with Gasteiger partial charge < -0.3 is 0 Å². The van der Waals surface area contributed by atoms with Gasteiger partial charge in [0, 0.05) is 7.92 Å². The Morgan fingerprint density at radius 2 is 1.11 bits per heavy atom. The zero-order chi connectivity index (χ0) is 21.8. The number of hydrogen-bond donors (Lipinski definition) is 0. The van der Waals surface area contributed by atoms with Gasteiger partial charge in [-0.1, -0.05) is 0 Å². The van der Waals surface area contributed by atoms with Crippen LogP contribution >= 0.6 is 7.92 Å². The molecule has 0 amide bonds. The summed E-state index contributed by atoms with van der Waals surface area (Å²) in [4.78, 5) is 0. The van der Waals surface area contributed by atoms with Gasteiger partial charge in [-0.3, -0.25) is 4.39 Å². The lowest BCUT2D eigenvalue weighted by Gasteiger charge is -2.22. The summed E-state index contributed by atoms with van der Waals surface area (Å²) in [5.74, 6) is -11.4. The van der Waals surface area contributed by atoms with Crippen molar-refractivity contribution in [3.63, 3.8) is 0 Å². The summed E-state index contributed by atoms with van der Waals surface area (Å²) < 4.78 is 147. The molecule has 0 aromatic heterocycles. The van der Waals surface area contributed by atoms with Crippen LogP contribution in [-0.2, 0) is 0 Å². The van der Waals surface area contributed by atoms with E-state index < -0.39 is 98.8 Å². The van der Waals surface area contributed by atoms with Gasteiger partial charge in [0.15, 0.2) is 30.0 Å². The first-order valence-corrected chi connectivity index (χ1v) is 10.3. The molecule has 0 spiro atoms. The zero-order valence-corrected chi connectivity index (χ0v) is 15.4. The second kappa shape index (κ2) is 10.6. The fraction of sp³-hybridized carbons (Fsp3) is 0.625. The van der Waals surface area contributed by atoms with E-state index in [0.717, 1.165) is 6.66 Å². The first-order valence-electron chi connectivity index (χ1n) is 8.06. The maximum Gasteiger partial charge on any atom is 0.206 e. The minimum Gasteiger partial charge on any atom is -0.251 e. The average molecular weight is 449 g/mol. The summed E-state index contributed by atoms with van der Waals surface area (Å²) in [7, 11) is -2.97. The van der Waals surface area contributed by atoms with Crippen molar-refractivity contribution in [1.82, 2.24) is 0 Å². The Bertz CT molecular complexity index is 627. The topological polar surface area (TPSA) is 0 Å². The van der Waals surface area contributed by atoms with Crippen LogP contribution < -0.4 is 5.30 Å². The van der Waals surface area contributed by atoms with Crippen molar-refractivity contribution in [1.29, 1.82) is 0 Å². The minimum absolute atomic E-state index is 0.466. The molecule has 0 aliphatic heterocycles. The molecule has 0 bridgehead atoms. The molecule has 0 N–H and O–H groups in total. The van der Waals surface area contributed by atoms with Crippen molar-refractivity contribution in [2.45, 2.75) is 43.7 Å². The van der Waals surface area contributed by atoms with Crippen LogP contribution in [0.15, 0.2) is 0 Å². The first kappa shape index (κ1) is 24.9. The van der Waals surface area contributed by atoms with E-state index in [2.05, 4.69) is 0 Å². The molecule has 28 heavy (non-hydrogen) atoms. The highest BCUT2D eigenvalue weighted by Crippen LogP contribution is 2.37. The van der Waals surface area contributed by atoms with E-state index in [4.69, 9.17) is 0 Å². The zero-order valence-electron chi connectivity index (χ0n) is 14.4. The lowest BCUT2D eigenvalue weighted by Crippen LogP contribution is -2.41. The van der Waals surface area contributed by atoms with Crippen LogP contribution in [0.5, 0.6) is 0 Å². The van der Waals surface area contributed by atoms with Crippen molar-refractivity contribution < 1.29 is 48.3 Å². The second-order valence-electron chi connectivity index (χ2n) is 6.13. The third kappa shape index (κ3) is 5.48. The Morgan fingerprint density at radius 1 is 0.679 bits per heavy atom. The van der Waals surface area contributed by atoms with Crippen molar-refractivity contribution in [3.05, 3.63) is 29.1 Å². The van der Waals surface area contributed by atoms with Crippen LogP contribution in [-0.4, -0.2) is 50.4 Å². The Hall–Kier alpha value is -1.12. The van der Waals surface area contributed by atoms with E-state index >= 15 is 0 Å². The molecule has 0 radical (unpaired) electrons. The maximum absolute atomic E-state index is 14.0. The summed E-state index contributed by atoms with van der Waals surface area (Å²) in [6.45, 7) is -0.139. The molecule has 0 nitrogen and oxygen atoms in total. The van der Waals surface area contributed by atoms with Gasteiger partial charge in [0.1, 0.15) is 6.17 Å². The van der Waals surface area contributed by atoms with E-state index in [9.17, 15) is 48.3 Å². The van der Waals surface area contributed by atoms with Crippen molar-refractivity contribution in [2.24, 2.45) is 0 Å². The molecule has 0 heterocycles. The number of rotatable bonds is 10. The molecule has 12 heteroatoms. The van der Waals surface area contributed by atoms with E-state index in [1.807, 2.05) is 0 Å². The van der Waals surface area contributed by atoms with Gasteiger partial charge in [-0.15, -0.1) is 0 Å². The van der Waals surface area contributed by atoms with E-state index in [1.54, 1.807) is 0 Å². The second-order valence-corrected chi connectivity index (χ2v) is 8.59. The standard InChI is InChI=1S/C16H16F11P/c1-28(16-14(26)12(24)11(23)13(25)15(16)27)5-7(19)9(21)10(22)8(20)6(18)3-2-4-17/h6-10H,2-5H2,1H3/p+1. The Balaban J connectivity index is 2.91. The number of halogens is 11. The van der Waals surface area contributed by atoms with Gasteiger partial charge >= 0.3 is 0 Å². The van der Waals surface area contributed by atoms with Crippen molar-refractivity contribution >= 4 is 13.2 Å². The maximum atomic E-state index is 14.0. The normalized spacial score (nSPS) is 18.4. The molecule has 6 atom stereocenters. The molecule has 1 rings (SSSR count). The fourth-order valence-electron chi connectivity index (χ4n) is 2.49. The van der Waals surface area contributed by atoms with Crippen LogP contribution in [0, 0.1) is 29.1 Å². The largest absolute Gasteiger partial charge is 0.251 e. The average Bonchev–Trinajstić information content (AvgIpc) is 2.67. The van der Waals surface area contributed by atoms with Gasteiger partial charge in [0.05, 0.1) is 19.5 Å². The molecule has 0 saturated carbocycles. The van der Waals surface area contributed by atoms with Gasteiger partial charge in [0.25, 0.3) is 0 Å². The third-order valence-corrected chi connectivity index (χ3v) is 6.35. The van der Waals surface area contributed by atoms with Crippen LogP contribution in [0.1, 0.15) is 12.8 Å². The number of alkyl halides is 6. The van der Waals surface area contributed by atoms with Gasteiger partial charge in [-0.05, 0) is 12.8 Å². The number of hydrogen-bond acceptors (Lipinski definition) is 0. The summed E-state index contributed by atoms with van der Waals surface area (Å²) in [6, 6.07) is 0. The molecule has 1 aromatic carbocycles. The summed E-state index contributed by atoms with van der Waals surface area (Å²) in [6.07, 6.45) is -17.5. The first-order chi connectivity index (χ1) is 12.9. The highest BCUT2D eigenvalue weighted by Gasteiger charge is 2.43. The monoisotopic (exact) mass is 449 g/mol. The van der Waals surface area contributed by atoms with Gasteiger partial charge in [-0.25, -0.2) is 35.1 Å². The van der Waals surface area contributed by atoms with Gasteiger partial charge in [-0.2, -0.15) is 8.78 Å². The quantitative estimate of drug-likeness (QED) is 0.197. The fourth-order valence-corrected chi connectivity index (χ4v) is 4.48. The molecular weight excluding hydrogens is 432 g/mol. The highest BCUT2D eigenvalue weighted by molar-refractivity contribution is 7.64. The Morgan fingerprint density at radius 3 is 1.57 bits per heavy atom. The van der Waals surface area contributed by atoms with Crippen LogP contribution in [0.3, 0.4) is 0 Å². The van der Waals surface area contributed by atoms with E-state index in [0.29, 0.717) is 0 Å². The minimum atomic E-state index is -3.30. The van der Waals surface area contributed by atoms with Crippen LogP contribution in [0.2, 0.25) is 0 Å². The molecular formula is C16H17F11P+. The lowest BCUT2D eigenvalue weighted by molar-refractivity contribution is 0.00365. The summed E-state index contributed by atoms with van der Waals surface area (Å²) in [5.41, 5.74) is 0. The molecule has 0 aliphatic rings. The molecule has 162 valence electrons. The molecule has 1 aromatic rings. The highest BCUT2D eigenvalue weighted by atomic mass is 31.1.